The van der Waals surface area contributed by atoms with Crippen LogP contribution in [-0.2, 0) is 0 Å². The summed E-state index contributed by atoms with van der Waals surface area (Å²) in [7, 11) is 0. The highest BCUT2D eigenvalue weighted by atomic mass is 16.5. The molecule has 1 heterocycles. The van der Waals surface area contributed by atoms with Crippen molar-refractivity contribution < 1.29 is 4.74 Å². The molecule has 0 bridgehead atoms. The summed E-state index contributed by atoms with van der Waals surface area (Å²) >= 11 is 0. The minimum Gasteiger partial charge on any atom is -0.439 e. The molecule has 4 nitrogen and oxygen atoms in total. The molecule has 1 saturated carbocycles. The van der Waals surface area contributed by atoms with Crippen LogP contribution >= 0.6 is 0 Å². The quantitative estimate of drug-likeness (QED) is 0.672. The van der Waals surface area contributed by atoms with Crippen LogP contribution in [0.3, 0.4) is 0 Å². The van der Waals surface area contributed by atoms with Crippen LogP contribution in [0.2, 0.25) is 0 Å². The zero-order chi connectivity index (χ0) is 17.6. The van der Waals surface area contributed by atoms with E-state index in [1.807, 2.05) is 30.3 Å². The Morgan fingerprint density at radius 3 is 2.23 bits per heavy atom. The molecule has 0 saturated heterocycles. The standard InChI is InChI=1S/C22H23N3O/c1-3-7-17(8-4-1)18-11-13-19(14-12-18)24-22-23-16-15-21(25-22)26-20-9-5-2-6-10-20/h1-10,15-16,18-19H,11-14H2,(H,23,24,25). The normalized spacial score (nSPS) is 19.7. The average Bonchev–Trinajstić information content (AvgIpc) is 2.70. The first-order chi connectivity index (χ1) is 12.9. The van der Waals surface area contributed by atoms with Gasteiger partial charge in [-0.3, -0.25) is 0 Å². The lowest BCUT2D eigenvalue weighted by Gasteiger charge is -2.29. The molecule has 1 aliphatic carbocycles. The van der Waals surface area contributed by atoms with Gasteiger partial charge in [-0.15, -0.1) is 0 Å². The third-order valence-electron chi connectivity index (χ3n) is 4.93. The van der Waals surface area contributed by atoms with Gasteiger partial charge in [-0.25, -0.2) is 4.98 Å². The van der Waals surface area contributed by atoms with Crippen molar-refractivity contribution in [2.45, 2.75) is 37.6 Å². The monoisotopic (exact) mass is 345 g/mol. The summed E-state index contributed by atoms with van der Waals surface area (Å²) < 4.78 is 5.79. The second-order valence-electron chi connectivity index (χ2n) is 6.74. The summed E-state index contributed by atoms with van der Waals surface area (Å²) in [6, 6.07) is 22.7. The van der Waals surface area contributed by atoms with Gasteiger partial charge in [0.1, 0.15) is 5.75 Å². The van der Waals surface area contributed by atoms with Crippen LogP contribution in [0, 0.1) is 0 Å². The van der Waals surface area contributed by atoms with E-state index in [0.717, 1.165) is 18.6 Å². The Balaban J connectivity index is 1.34. The number of para-hydroxylation sites is 1. The fraction of sp³-hybridized carbons (Fsp3) is 0.273. The lowest BCUT2D eigenvalue weighted by atomic mass is 9.82. The predicted octanol–water partition coefficient (Wildman–Crippen LogP) is 5.41. The Labute approximate surface area is 154 Å². The van der Waals surface area contributed by atoms with E-state index in [1.165, 1.54) is 18.4 Å². The van der Waals surface area contributed by atoms with Gasteiger partial charge in [0.15, 0.2) is 0 Å². The Kier molecular flexibility index (Phi) is 5.10. The summed E-state index contributed by atoms with van der Waals surface area (Å²) in [5.74, 6) is 2.65. The largest absolute Gasteiger partial charge is 0.439 e. The van der Waals surface area contributed by atoms with Crippen LogP contribution in [0.25, 0.3) is 0 Å². The molecule has 0 radical (unpaired) electrons. The fourth-order valence-electron chi connectivity index (χ4n) is 3.56. The minimum atomic E-state index is 0.418. The number of rotatable bonds is 5. The van der Waals surface area contributed by atoms with E-state index >= 15 is 0 Å². The summed E-state index contributed by atoms with van der Waals surface area (Å²) in [4.78, 5) is 8.84. The van der Waals surface area contributed by atoms with Gasteiger partial charge in [0, 0.05) is 18.3 Å². The lowest BCUT2D eigenvalue weighted by molar-refractivity contribution is 0.410. The highest BCUT2D eigenvalue weighted by Crippen LogP contribution is 2.33. The Bertz CT molecular complexity index is 815. The smallest absolute Gasteiger partial charge is 0.226 e. The van der Waals surface area contributed by atoms with Crippen molar-refractivity contribution in [3.05, 3.63) is 78.5 Å². The molecular weight excluding hydrogens is 322 g/mol. The SMILES string of the molecule is c1ccc(Oc2ccnc(NC3CCC(c4ccccc4)CC3)n2)cc1. The summed E-state index contributed by atoms with van der Waals surface area (Å²) in [5, 5.41) is 3.48. The molecule has 26 heavy (non-hydrogen) atoms. The number of hydrogen-bond acceptors (Lipinski definition) is 4. The van der Waals surface area contributed by atoms with Gasteiger partial charge in [-0.1, -0.05) is 48.5 Å². The summed E-state index contributed by atoms with van der Waals surface area (Å²) in [6.07, 6.45) is 6.40. The number of ether oxygens (including phenoxy) is 1. The zero-order valence-corrected chi connectivity index (χ0v) is 14.7. The molecule has 0 amide bonds. The van der Waals surface area contributed by atoms with Gasteiger partial charge in [0.2, 0.25) is 11.8 Å². The van der Waals surface area contributed by atoms with E-state index in [0.29, 0.717) is 23.8 Å². The zero-order valence-electron chi connectivity index (χ0n) is 14.7. The molecule has 4 heteroatoms. The maximum atomic E-state index is 5.79. The number of nitrogens with zero attached hydrogens (tertiary/aromatic N) is 2. The van der Waals surface area contributed by atoms with E-state index in [9.17, 15) is 0 Å². The van der Waals surface area contributed by atoms with Gasteiger partial charge >= 0.3 is 0 Å². The highest BCUT2D eigenvalue weighted by Gasteiger charge is 2.22. The predicted molar refractivity (Wildman–Crippen MR) is 104 cm³/mol. The Hall–Kier alpha value is -2.88. The number of nitrogens with one attached hydrogen (secondary N) is 1. The second kappa shape index (κ2) is 8.00. The van der Waals surface area contributed by atoms with Gasteiger partial charge in [0.25, 0.3) is 0 Å². The van der Waals surface area contributed by atoms with Crippen LogP contribution in [0.5, 0.6) is 11.6 Å². The molecule has 0 unspecified atom stereocenters. The Morgan fingerprint density at radius 2 is 1.50 bits per heavy atom. The van der Waals surface area contributed by atoms with Gasteiger partial charge in [-0.2, -0.15) is 4.98 Å². The van der Waals surface area contributed by atoms with Crippen molar-refractivity contribution >= 4 is 5.95 Å². The molecule has 0 aliphatic heterocycles. The van der Waals surface area contributed by atoms with Gasteiger partial charge in [0.05, 0.1) is 0 Å². The summed E-state index contributed by atoms with van der Waals surface area (Å²) in [5.41, 5.74) is 1.46. The maximum absolute atomic E-state index is 5.79. The molecule has 1 aromatic heterocycles. The third kappa shape index (κ3) is 4.20. The van der Waals surface area contributed by atoms with Crippen molar-refractivity contribution in [3.8, 4) is 11.6 Å². The van der Waals surface area contributed by atoms with Crippen molar-refractivity contribution in [3.63, 3.8) is 0 Å². The molecule has 132 valence electrons. The van der Waals surface area contributed by atoms with Gasteiger partial charge < -0.3 is 10.1 Å². The first-order valence-corrected chi connectivity index (χ1v) is 9.24. The van der Waals surface area contributed by atoms with E-state index in [4.69, 9.17) is 4.74 Å². The third-order valence-corrected chi connectivity index (χ3v) is 4.93. The Morgan fingerprint density at radius 1 is 0.808 bits per heavy atom. The van der Waals surface area contributed by atoms with Crippen LogP contribution in [0.1, 0.15) is 37.2 Å². The van der Waals surface area contributed by atoms with Crippen LogP contribution in [-0.4, -0.2) is 16.0 Å². The topological polar surface area (TPSA) is 47.0 Å². The molecule has 0 spiro atoms. The van der Waals surface area contributed by atoms with Crippen molar-refractivity contribution in [1.29, 1.82) is 0 Å². The lowest BCUT2D eigenvalue weighted by Crippen LogP contribution is -2.26. The van der Waals surface area contributed by atoms with E-state index in [2.05, 4.69) is 45.6 Å². The average molecular weight is 345 g/mol. The first kappa shape index (κ1) is 16.6. The molecular formula is C22H23N3O. The van der Waals surface area contributed by atoms with E-state index < -0.39 is 0 Å². The number of benzene rings is 2. The number of hydrogen-bond donors (Lipinski definition) is 1. The molecule has 4 rings (SSSR count). The number of anilines is 1. The maximum Gasteiger partial charge on any atom is 0.226 e. The molecule has 1 N–H and O–H groups in total. The van der Waals surface area contributed by atoms with Crippen LogP contribution in [0.15, 0.2) is 72.9 Å². The molecule has 1 fully saturated rings. The molecule has 1 aliphatic rings. The van der Waals surface area contributed by atoms with Crippen LogP contribution < -0.4 is 10.1 Å². The molecule has 0 atom stereocenters. The van der Waals surface area contributed by atoms with E-state index in [-0.39, 0.29) is 0 Å². The van der Waals surface area contributed by atoms with Crippen molar-refractivity contribution in [2.75, 3.05) is 5.32 Å². The number of aromatic nitrogens is 2. The molecule has 2 aromatic carbocycles. The summed E-state index contributed by atoms with van der Waals surface area (Å²) in [6.45, 7) is 0. The second-order valence-corrected chi connectivity index (χ2v) is 6.74. The van der Waals surface area contributed by atoms with Crippen LogP contribution in [0.4, 0.5) is 5.95 Å². The van der Waals surface area contributed by atoms with Gasteiger partial charge in [-0.05, 0) is 49.3 Å². The fourth-order valence-corrected chi connectivity index (χ4v) is 3.56. The highest BCUT2D eigenvalue weighted by molar-refractivity contribution is 5.32. The molecule has 3 aromatic rings. The van der Waals surface area contributed by atoms with Crippen molar-refractivity contribution in [1.82, 2.24) is 9.97 Å². The van der Waals surface area contributed by atoms with Crippen molar-refractivity contribution in [2.24, 2.45) is 0 Å². The first-order valence-electron chi connectivity index (χ1n) is 9.24. The minimum absolute atomic E-state index is 0.418. The van der Waals surface area contributed by atoms with E-state index in [1.54, 1.807) is 12.3 Å².